The van der Waals surface area contributed by atoms with Crippen LogP contribution in [-0.2, 0) is 6.54 Å². The van der Waals surface area contributed by atoms with E-state index in [0.717, 1.165) is 25.4 Å². The van der Waals surface area contributed by atoms with Gasteiger partial charge in [0.1, 0.15) is 5.75 Å². The summed E-state index contributed by atoms with van der Waals surface area (Å²) in [6, 6.07) is 8.27. The van der Waals surface area contributed by atoms with Crippen molar-refractivity contribution in [1.82, 2.24) is 10.2 Å². The maximum atomic E-state index is 5.43. The number of hydrogen-bond donors (Lipinski definition) is 1. The van der Waals surface area contributed by atoms with E-state index in [0.29, 0.717) is 5.41 Å². The van der Waals surface area contributed by atoms with E-state index in [4.69, 9.17) is 4.74 Å². The fourth-order valence-corrected chi connectivity index (χ4v) is 3.09. The average Bonchev–Trinajstić information content (AvgIpc) is 2.39. The Morgan fingerprint density at radius 3 is 2.60 bits per heavy atom. The molecule has 1 unspecified atom stereocenters. The molecule has 0 aliphatic heterocycles. The van der Waals surface area contributed by atoms with Crippen molar-refractivity contribution in [2.24, 2.45) is 5.41 Å². The lowest BCUT2D eigenvalue weighted by atomic mass is 9.85. The van der Waals surface area contributed by atoms with Gasteiger partial charge in [0.25, 0.3) is 0 Å². The molecule has 0 heterocycles. The zero-order chi connectivity index (χ0) is 15.0. The largest absolute Gasteiger partial charge is 0.496 e. The lowest BCUT2D eigenvalue weighted by Crippen LogP contribution is -2.39. The first-order valence-corrected chi connectivity index (χ1v) is 7.49. The van der Waals surface area contributed by atoms with E-state index in [-0.39, 0.29) is 0 Å². The van der Waals surface area contributed by atoms with E-state index >= 15 is 0 Å². The quantitative estimate of drug-likeness (QED) is 0.751. The number of nitrogens with zero attached hydrogens (tertiary/aromatic N) is 1. The van der Waals surface area contributed by atoms with Crippen molar-refractivity contribution in [3.05, 3.63) is 29.8 Å². The average molecular weight is 278 g/mol. The summed E-state index contributed by atoms with van der Waals surface area (Å²) in [6.45, 7) is 7.68. The van der Waals surface area contributed by atoms with Crippen LogP contribution in [0, 0.1) is 5.41 Å². The Balaban J connectivity index is 2.67. The monoisotopic (exact) mass is 278 g/mol. The standard InChI is InChI=1S/C17H30N2O/c1-6-11-17(2,13-18-3)14-19(4)12-15-9-7-8-10-16(15)20-5/h7-10,18H,6,11-14H2,1-5H3. The highest BCUT2D eigenvalue weighted by Crippen LogP contribution is 2.25. The second-order valence-electron chi connectivity index (χ2n) is 6.08. The summed E-state index contributed by atoms with van der Waals surface area (Å²) in [6.07, 6.45) is 2.46. The lowest BCUT2D eigenvalue weighted by molar-refractivity contribution is 0.170. The van der Waals surface area contributed by atoms with Gasteiger partial charge in [0.2, 0.25) is 0 Å². The molecule has 0 aliphatic rings. The highest BCUT2D eigenvalue weighted by atomic mass is 16.5. The van der Waals surface area contributed by atoms with Crippen molar-refractivity contribution in [2.45, 2.75) is 33.2 Å². The van der Waals surface area contributed by atoms with Gasteiger partial charge in [-0.1, -0.05) is 38.5 Å². The Morgan fingerprint density at radius 2 is 2.00 bits per heavy atom. The van der Waals surface area contributed by atoms with Gasteiger partial charge in [-0.25, -0.2) is 0 Å². The third kappa shape index (κ3) is 5.14. The molecular formula is C17H30N2O. The van der Waals surface area contributed by atoms with Gasteiger partial charge in [-0.05, 0) is 32.0 Å². The van der Waals surface area contributed by atoms with Gasteiger partial charge in [0.05, 0.1) is 7.11 Å². The number of benzene rings is 1. The van der Waals surface area contributed by atoms with Crippen molar-refractivity contribution in [3.63, 3.8) is 0 Å². The number of methoxy groups -OCH3 is 1. The van der Waals surface area contributed by atoms with Crippen LogP contribution < -0.4 is 10.1 Å². The third-order valence-corrected chi connectivity index (χ3v) is 3.74. The minimum Gasteiger partial charge on any atom is -0.496 e. The summed E-state index contributed by atoms with van der Waals surface area (Å²) in [5.74, 6) is 0.977. The minimum absolute atomic E-state index is 0.320. The molecule has 3 heteroatoms. The van der Waals surface area contributed by atoms with E-state index in [1.54, 1.807) is 7.11 Å². The first kappa shape index (κ1) is 17.0. The molecule has 0 radical (unpaired) electrons. The molecular weight excluding hydrogens is 248 g/mol. The van der Waals surface area contributed by atoms with Gasteiger partial charge < -0.3 is 15.0 Å². The molecule has 0 amide bonds. The smallest absolute Gasteiger partial charge is 0.123 e. The molecule has 0 saturated carbocycles. The molecule has 1 aromatic rings. The van der Waals surface area contributed by atoms with Gasteiger partial charge in [-0.15, -0.1) is 0 Å². The van der Waals surface area contributed by atoms with Crippen molar-refractivity contribution in [2.75, 3.05) is 34.3 Å². The summed E-state index contributed by atoms with van der Waals surface area (Å²) < 4.78 is 5.43. The molecule has 20 heavy (non-hydrogen) atoms. The predicted molar refractivity (Wildman–Crippen MR) is 86.3 cm³/mol. The van der Waals surface area contributed by atoms with Crippen LogP contribution in [0.3, 0.4) is 0 Å². The number of ether oxygens (including phenoxy) is 1. The van der Waals surface area contributed by atoms with Crippen LogP contribution in [0.5, 0.6) is 5.75 Å². The normalized spacial score (nSPS) is 14.3. The summed E-state index contributed by atoms with van der Waals surface area (Å²) >= 11 is 0. The Bertz CT molecular complexity index is 386. The molecule has 0 fully saturated rings. The van der Waals surface area contributed by atoms with Gasteiger partial charge in [0, 0.05) is 25.2 Å². The lowest BCUT2D eigenvalue weighted by Gasteiger charge is -2.34. The van der Waals surface area contributed by atoms with E-state index in [1.807, 2.05) is 19.2 Å². The van der Waals surface area contributed by atoms with E-state index in [1.165, 1.54) is 18.4 Å². The van der Waals surface area contributed by atoms with Crippen LogP contribution in [-0.4, -0.2) is 39.2 Å². The highest BCUT2D eigenvalue weighted by molar-refractivity contribution is 5.33. The molecule has 114 valence electrons. The highest BCUT2D eigenvalue weighted by Gasteiger charge is 2.24. The van der Waals surface area contributed by atoms with Gasteiger partial charge >= 0.3 is 0 Å². The maximum Gasteiger partial charge on any atom is 0.123 e. The number of para-hydroxylation sites is 1. The molecule has 0 spiro atoms. The summed E-state index contributed by atoms with van der Waals surface area (Å²) in [5.41, 5.74) is 1.57. The second-order valence-corrected chi connectivity index (χ2v) is 6.08. The van der Waals surface area contributed by atoms with Crippen LogP contribution in [0.25, 0.3) is 0 Å². The molecule has 0 aliphatic carbocycles. The van der Waals surface area contributed by atoms with Gasteiger partial charge in [-0.3, -0.25) is 0 Å². The molecule has 1 rings (SSSR count). The minimum atomic E-state index is 0.320. The maximum absolute atomic E-state index is 5.43. The van der Waals surface area contributed by atoms with E-state index < -0.39 is 0 Å². The van der Waals surface area contributed by atoms with Crippen molar-refractivity contribution < 1.29 is 4.74 Å². The molecule has 1 N–H and O–H groups in total. The molecule has 0 bridgehead atoms. The number of rotatable bonds is 9. The topological polar surface area (TPSA) is 24.5 Å². The summed E-state index contributed by atoms with van der Waals surface area (Å²) in [4.78, 5) is 2.39. The van der Waals surface area contributed by atoms with Crippen molar-refractivity contribution in [1.29, 1.82) is 0 Å². The van der Waals surface area contributed by atoms with Crippen LogP contribution in [0.1, 0.15) is 32.3 Å². The molecule has 0 saturated heterocycles. The van der Waals surface area contributed by atoms with Crippen LogP contribution in [0.4, 0.5) is 0 Å². The Hall–Kier alpha value is -1.06. The zero-order valence-corrected chi connectivity index (χ0v) is 13.7. The Morgan fingerprint density at radius 1 is 1.30 bits per heavy atom. The van der Waals surface area contributed by atoms with Crippen molar-refractivity contribution >= 4 is 0 Å². The van der Waals surface area contributed by atoms with Gasteiger partial charge in [-0.2, -0.15) is 0 Å². The number of hydrogen-bond acceptors (Lipinski definition) is 3. The van der Waals surface area contributed by atoms with Crippen LogP contribution in [0.2, 0.25) is 0 Å². The third-order valence-electron chi connectivity index (χ3n) is 3.74. The van der Waals surface area contributed by atoms with Crippen LogP contribution >= 0.6 is 0 Å². The first-order chi connectivity index (χ1) is 9.54. The zero-order valence-electron chi connectivity index (χ0n) is 13.7. The van der Waals surface area contributed by atoms with Crippen LogP contribution in [0.15, 0.2) is 24.3 Å². The van der Waals surface area contributed by atoms with E-state index in [2.05, 4.69) is 43.2 Å². The Kier molecular flexibility index (Phi) is 7.03. The predicted octanol–water partition coefficient (Wildman–Crippen LogP) is 3.15. The fourth-order valence-electron chi connectivity index (χ4n) is 3.09. The summed E-state index contributed by atoms with van der Waals surface area (Å²) in [7, 11) is 5.96. The Labute approximate surface area is 124 Å². The van der Waals surface area contributed by atoms with Gasteiger partial charge in [0.15, 0.2) is 0 Å². The number of nitrogens with one attached hydrogen (secondary N) is 1. The fraction of sp³-hybridized carbons (Fsp3) is 0.647. The molecule has 1 aromatic carbocycles. The SMILES string of the molecule is CCCC(C)(CNC)CN(C)Cc1ccccc1OC. The van der Waals surface area contributed by atoms with E-state index in [9.17, 15) is 0 Å². The molecule has 3 nitrogen and oxygen atoms in total. The second kappa shape index (κ2) is 8.28. The van der Waals surface area contributed by atoms with Crippen molar-refractivity contribution in [3.8, 4) is 5.75 Å². The summed E-state index contributed by atoms with van der Waals surface area (Å²) in [5, 5.41) is 3.33. The first-order valence-electron chi connectivity index (χ1n) is 7.49. The molecule has 0 aromatic heterocycles. The molecule has 1 atom stereocenters.